The van der Waals surface area contributed by atoms with Crippen molar-refractivity contribution in [3.05, 3.63) is 40.5 Å². The SMILES string of the molecule is CN(c1nc(Nc2ccc(C(N)=O)cc2)ncc1Br)C1CCCO1. The van der Waals surface area contributed by atoms with Crippen molar-refractivity contribution < 1.29 is 9.53 Å². The Morgan fingerprint density at radius 2 is 2.17 bits per heavy atom. The van der Waals surface area contributed by atoms with E-state index in [4.69, 9.17) is 10.5 Å². The maximum Gasteiger partial charge on any atom is 0.248 e. The van der Waals surface area contributed by atoms with Crippen LogP contribution in [0.2, 0.25) is 0 Å². The number of nitrogens with two attached hydrogens (primary N) is 1. The molecule has 1 aliphatic heterocycles. The number of amides is 1. The first-order valence-electron chi connectivity index (χ1n) is 7.58. The second-order valence-electron chi connectivity index (χ2n) is 5.51. The molecule has 7 nitrogen and oxygen atoms in total. The molecule has 1 fully saturated rings. The zero-order valence-corrected chi connectivity index (χ0v) is 14.8. The number of carbonyl (C=O) groups excluding carboxylic acids is 1. The third-order valence-electron chi connectivity index (χ3n) is 3.82. The highest BCUT2D eigenvalue weighted by Crippen LogP contribution is 2.28. The van der Waals surface area contributed by atoms with Gasteiger partial charge in [0, 0.05) is 31.1 Å². The summed E-state index contributed by atoms with van der Waals surface area (Å²) >= 11 is 3.49. The molecule has 1 aromatic heterocycles. The smallest absolute Gasteiger partial charge is 0.248 e. The number of carbonyl (C=O) groups is 1. The third kappa shape index (κ3) is 3.65. The Hall–Kier alpha value is -2.19. The largest absolute Gasteiger partial charge is 0.366 e. The summed E-state index contributed by atoms with van der Waals surface area (Å²) in [6.07, 6.45) is 3.76. The number of benzene rings is 1. The van der Waals surface area contributed by atoms with Gasteiger partial charge in [0.15, 0.2) is 0 Å². The fourth-order valence-corrected chi connectivity index (χ4v) is 2.99. The fourth-order valence-electron chi connectivity index (χ4n) is 2.52. The van der Waals surface area contributed by atoms with Crippen LogP contribution in [-0.2, 0) is 4.74 Å². The quantitative estimate of drug-likeness (QED) is 0.813. The number of nitrogens with zero attached hydrogens (tertiary/aromatic N) is 3. The van der Waals surface area contributed by atoms with Crippen molar-refractivity contribution in [2.24, 2.45) is 5.73 Å². The van der Waals surface area contributed by atoms with E-state index in [9.17, 15) is 4.79 Å². The molecule has 0 bridgehead atoms. The molecular weight excluding hydrogens is 374 g/mol. The lowest BCUT2D eigenvalue weighted by atomic mass is 10.2. The van der Waals surface area contributed by atoms with Crippen molar-refractivity contribution in [3.63, 3.8) is 0 Å². The Balaban J connectivity index is 1.78. The Kier molecular flexibility index (Phi) is 4.96. The van der Waals surface area contributed by atoms with Crippen LogP contribution in [-0.4, -0.2) is 35.8 Å². The van der Waals surface area contributed by atoms with E-state index in [1.165, 1.54) is 0 Å². The summed E-state index contributed by atoms with van der Waals surface area (Å²) in [6, 6.07) is 6.83. The Labute approximate surface area is 148 Å². The first kappa shape index (κ1) is 16.7. The van der Waals surface area contributed by atoms with Gasteiger partial charge in [-0.15, -0.1) is 0 Å². The number of rotatable bonds is 5. The lowest BCUT2D eigenvalue weighted by Crippen LogP contribution is -2.31. The van der Waals surface area contributed by atoms with E-state index >= 15 is 0 Å². The van der Waals surface area contributed by atoms with Crippen molar-refractivity contribution in [1.82, 2.24) is 9.97 Å². The number of aromatic nitrogens is 2. The van der Waals surface area contributed by atoms with Gasteiger partial charge in [-0.25, -0.2) is 4.98 Å². The molecule has 0 spiro atoms. The number of halogens is 1. The summed E-state index contributed by atoms with van der Waals surface area (Å²) in [5.74, 6) is 0.764. The molecule has 24 heavy (non-hydrogen) atoms. The van der Waals surface area contributed by atoms with E-state index in [1.807, 2.05) is 11.9 Å². The van der Waals surface area contributed by atoms with E-state index in [0.29, 0.717) is 11.5 Å². The maximum atomic E-state index is 11.1. The van der Waals surface area contributed by atoms with Gasteiger partial charge in [0.2, 0.25) is 11.9 Å². The predicted molar refractivity (Wildman–Crippen MR) is 95.4 cm³/mol. The van der Waals surface area contributed by atoms with Gasteiger partial charge >= 0.3 is 0 Å². The summed E-state index contributed by atoms with van der Waals surface area (Å²) in [7, 11) is 1.95. The standard InChI is InChI=1S/C16H18BrN5O2/c1-22(13-3-2-8-24-13)15-12(17)9-19-16(21-15)20-11-6-4-10(5-7-11)14(18)23/h4-7,9,13H,2-3,8H2,1H3,(H2,18,23)(H,19,20,21). The molecule has 1 amide bonds. The Bertz CT molecular complexity index is 732. The Morgan fingerprint density at radius 1 is 1.42 bits per heavy atom. The molecule has 2 heterocycles. The normalized spacial score (nSPS) is 16.8. The molecule has 2 aromatic rings. The number of anilines is 3. The van der Waals surface area contributed by atoms with Gasteiger partial charge in [-0.3, -0.25) is 4.79 Å². The second kappa shape index (κ2) is 7.14. The van der Waals surface area contributed by atoms with Gasteiger partial charge in [-0.2, -0.15) is 4.98 Å². The van der Waals surface area contributed by atoms with Crippen LogP contribution >= 0.6 is 15.9 Å². The van der Waals surface area contributed by atoms with Crippen LogP contribution in [0.3, 0.4) is 0 Å². The number of nitrogens with one attached hydrogen (secondary N) is 1. The molecule has 1 aliphatic rings. The summed E-state index contributed by atoms with van der Waals surface area (Å²) < 4.78 is 6.50. The van der Waals surface area contributed by atoms with Crippen LogP contribution < -0.4 is 16.0 Å². The highest BCUT2D eigenvalue weighted by Gasteiger charge is 2.23. The zero-order valence-electron chi connectivity index (χ0n) is 13.2. The summed E-state index contributed by atoms with van der Waals surface area (Å²) in [5.41, 5.74) is 6.47. The first-order chi connectivity index (χ1) is 11.5. The molecule has 1 atom stereocenters. The first-order valence-corrected chi connectivity index (χ1v) is 8.38. The lowest BCUT2D eigenvalue weighted by Gasteiger charge is -2.25. The van der Waals surface area contributed by atoms with Gasteiger partial charge in [-0.1, -0.05) is 0 Å². The number of ether oxygens (including phenoxy) is 1. The van der Waals surface area contributed by atoms with E-state index < -0.39 is 5.91 Å². The molecule has 0 aliphatic carbocycles. The van der Waals surface area contributed by atoms with Crippen molar-refractivity contribution >= 4 is 39.3 Å². The highest BCUT2D eigenvalue weighted by atomic mass is 79.9. The van der Waals surface area contributed by atoms with E-state index in [-0.39, 0.29) is 6.23 Å². The Morgan fingerprint density at radius 3 is 2.79 bits per heavy atom. The molecule has 0 saturated carbocycles. The number of primary amides is 1. The maximum absolute atomic E-state index is 11.1. The van der Waals surface area contributed by atoms with Crippen molar-refractivity contribution in [1.29, 1.82) is 0 Å². The number of hydrogen-bond donors (Lipinski definition) is 2. The van der Waals surface area contributed by atoms with Gasteiger partial charge in [0.1, 0.15) is 12.0 Å². The van der Waals surface area contributed by atoms with Crippen molar-refractivity contribution in [3.8, 4) is 0 Å². The van der Waals surface area contributed by atoms with E-state index in [1.54, 1.807) is 30.5 Å². The summed E-state index contributed by atoms with van der Waals surface area (Å²) in [4.78, 5) is 21.9. The molecule has 126 valence electrons. The van der Waals surface area contributed by atoms with Crippen LogP contribution in [0, 0.1) is 0 Å². The molecule has 1 aromatic carbocycles. The summed E-state index contributed by atoms with van der Waals surface area (Å²) in [5, 5.41) is 3.12. The van der Waals surface area contributed by atoms with Gasteiger partial charge in [0.25, 0.3) is 0 Å². The van der Waals surface area contributed by atoms with Crippen LogP contribution in [0.25, 0.3) is 0 Å². The molecule has 3 rings (SSSR count). The fraction of sp³-hybridized carbons (Fsp3) is 0.312. The van der Waals surface area contributed by atoms with E-state index in [0.717, 1.165) is 35.4 Å². The van der Waals surface area contributed by atoms with Gasteiger partial charge in [-0.05, 0) is 53.0 Å². The molecular formula is C16H18BrN5O2. The second-order valence-corrected chi connectivity index (χ2v) is 6.36. The van der Waals surface area contributed by atoms with Crippen LogP contribution in [0.15, 0.2) is 34.9 Å². The molecule has 0 radical (unpaired) electrons. The minimum Gasteiger partial charge on any atom is -0.366 e. The predicted octanol–water partition coefficient (Wildman–Crippen LogP) is 2.65. The van der Waals surface area contributed by atoms with Crippen molar-refractivity contribution in [2.75, 3.05) is 23.9 Å². The van der Waals surface area contributed by atoms with Gasteiger partial charge < -0.3 is 20.7 Å². The average Bonchev–Trinajstić information content (AvgIpc) is 3.11. The summed E-state index contributed by atoms with van der Waals surface area (Å²) in [6.45, 7) is 0.773. The average molecular weight is 392 g/mol. The lowest BCUT2D eigenvalue weighted by molar-refractivity contribution is 0.1000. The molecule has 1 saturated heterocycles. The minimum absolute atomic E-state index is 0.0268. The van der Waals surface area contributed by atoms with Crippen molar-refractivity contribution in [2.45, 2.75) is 19.1 Å². The van der Waals surface area contributed by atoms with Crippen LogP contribution in [0.1, 0.15) is 23.2 Å². The number of hydrogen-bond acceptors (Lipinski definition) is 6. The molecule has 1 unspecified atom stereocenters. The van der Waals surface area contributed by atoms with Crippen LogP contribution in [0.5, 0.6) is 0 Å². The van der Waals surface area contributed by atoms with Gasteiger partial charge in [0.05, 0.1) is 4.47 Å². The zero-order chi connectivity index (χ0) is 17.1. The van der Waals surface area contributed by atoms with Crippen LogP contribution in [0.4, 0.5) is 17.5 Å². The topological polar surface area (TPSA) is 93.4 Å². The monoisotopic (exact) mass is 391 g/mol. The third-order valence-corrected chi connectivity index (χ3v) is 4.38. The molecule has 3 N–H and O–H groups in total. The highest BCUT2D eigenvalue weighted by molar-refractivity contribution is 9.10. The van der Waals surface area contributed by atoms with E-state index in [2.05, 4.69) is 31.2 Å². The minimum atomic E-state index is -0.457. The molecule has 8 heteroatoms.